The summed E-state index contributed by atoms with van der Waals surface area (Å²) in [4.78, 5) is 27.0. The lowest BCUT2D eigenvalue weighted by Crippen LogP contribution is -2.23. The molecule has 4 rings (SSSR count). The van der Waals surface area contributed by atoms with Gasteiger partial charge in [-0.15, -0.1) is 0 Å². The largest absolute Gasteiger partial charge is 0.392 e. The van der Waals surface area contributed by atoms with Gasteiger partial charge in [0.05, 0.1) is 17.9 Å². The van der Waals surface area contributed by atoms with Gasteiger partial charge in [-0.05, 0) is 19.8 Å². The second-order valence-corrected chi connectivity index (χ2v) is 5.79. The van der Waals surface area contributed by atoms with E-state index in [-0.39, 0.29) is 18.2 Å². The number of ketones is 2. The zero-order valence-corrected chi connectivity index (χ0v) is 11.3. The summed E-state index contributed by atoms with van der Waals surface area (Å²) in [5, 5.41) is 9.63. The molecule has 0 aromatic carbocycles. The number of aliphatic hydroxyl groups is 1. The summed E-state index contributed by atoms with van der Waals surface area (Å²) in [5.41, 5.74) is 3.06. The van der Waals surface area contributed by atoms with E-state index in [0.29, 0.717) is 28.6 Å². The van der Waals surface area contributed by atoms with Gasteiger partial charge in [-0.1, -0.05) is 0 Å². The first-order valence-corrected chi connectivity index (χ1v) is 7.06. The number of aromatic nitrogens is 1. The van der Waals surface area contributed by atoms with Crippen LogP contribution in [0.2, 0.25) is 0 Å². The lowest BCUT2D eigenvalue weighted by atomic mass is 9.94. The molecule has 0 radical (unpaired) electrons. The number of nitrogens with zero attached hydrogens (tertiary/aromatic N) is 2. The van der Waals surface area contributed by atoms with E-state index in [1.165, 1.54) is 6.08 Å². The molecule has 0 spiro atoms. The highest BCUT2D eigenvalue weighted by atomic mass is 16.3. The Labute approximate surface area is 116 Å². The van der Waals surface area contributed by atoms with Crippen LogP contribution in [0.5, 0.6) is 0 Å². The predicted octanol–water partition coefficient (Wildman–Crippen LogP) is 0.894. The number of aliphatic hydroxyl groups excluding tert-OH is 1. The maximum Gasteiger partial charge on any atom is 0.211 e. The van der Waals surface area contributed by atoms with Crippen LogP contribution in [0.25, 0.3) is 0 Å². The molecule has 0 amide bonds. The fourth-order valence-corrected chi connectivity index (χ4v) is 3.50. The molecule has 1 aromatic rings. The molecular formula is C15H16N2O3. The Balaban J connectivity index is 1.90. The number of hydrogen-bond donors (Lipinski definition) is 1. The van der Waals surface area contributed by atoms with Crippen molar-refractivity contribution in [2.24, 2.45) is 0 Å². The topological polar surface area (TPSA) is 62.3 Å². The number of rotatable bonds is 2. The second-order valence-electron chi connectivity index (χ2n) is 5.79. The van der Waals surface area contributed by atoms with Crippen LogP contribution in [0.1, 0.15) is 45.4 Å². The van der Waals surface area contributed by atoms with Crippen LogP contribution in [0, 0.1) is 0 Å². The van der Waals surface area contributed by atoms with Crippen molar-refractivity contribution < 1.29 is 14.7 Å². The van der Waals surface area contributed by atoms with Crippen molar-refractivity contribution in [1.82, 2.24) is 9.47 Å². The summed E-state index contributed by atoms with van der Waals surface area (Å²) < 4.78 is 1.93. The minimum absolute atomic E-state index is 0.100. The zero-order valence-electron chi connectivity index (χ0n) is 11.3. The SMILES string of the molecule is CC1CN1C1=CC(=O)c2c(c(CO)c3n2CCC3)C1=O. The van der Waals surface area contributed by atoms with Crippen LogP contribution in [0.15, 0.2) is 11.8 Å². The van der Waals surface area contributed by atoms with E-state index in [1.807, 2.05) is 16.4 Å². The summed E-state index contributed by atoms with van der Waals surface area (Å²) >= 11 is 0. The molecule has 0 saturated carbocycles. The van der Waals surface area contributed by atoms with Gasteiger partial charge in [-0.25, -0.2) is 0 Å². The molecule has 20 heavy (non-hydrogen) atoms. The third-order valence-electron chi connectivity index (χ3n) is 4.57. The van der Waals surface area contributed by atoms with Gasteiger partial charge in [-0.2, -0.15) is 0 Å². The van der Waals surface area contributed by atoms with Crippen molar-refractivity contribution in [2.75, 3.05) is 6.54 Å². The number of carbonyl (C=O) groups is 2. The fourth-order valence-electron chi connectivity index (χ4n) is 3.50. The second kappa shape index (κ2) is 3.82. The summed E-state index contributed by atoms with van der Waals surface area (Å²) in [6, 6.07) is 0.326. The summed E-state index contributed by atoms with van der Waals surface area (Å²) in [6.45, 7) is 3.44. The van der Waals surface area contributed by atoms with Crippen molar-refractivity contribution in [3.05, 3.63) is 34.3 Å². The Morgan fingerprint density at radius 1 is 1.40 bits per heavy atom. The highest BCUT2D eigenvalue weighted by molar-refractivity contribution is 6.24. The van der Waals surface area contributed by atoms with Crippen LogP contribution in [-0.2, 0) is 19.6 Å². The van der Waals surface area contributed by atoms with Crippen molar-refractivity contribution in [2.45, 2.75) is 39.0 Å². The molecule has 1 aromatic heterocycles. The smallest absolute Gasteiger partial charge is 0.211 e. The number of fused-ring (bicyclic) bond motifs is 3. The van der Waals surface area contributed by atoms with Crippen molar-refractivity contribution >= 4 is 11.6 Å². The Hall–Kier alpha value is -1.88. The third kappa shape index (κ3) is 1.36. The van der Waals surface area contributed by atoms with E-state index >= 15 is 0 Å². The molecule has 1 saturated heterocycles. The van der Waals surface area contributed by atoms with Gasteiger partial charge < -0.3 is 14.6 Å². The summed E-state index contributed by atoms with van der Waals surface area (Å²) in [6.07, 6.45) is 3.27. The van der Waals surface area contributed by atoms with Crippen LogP contribution in [0.3, 0.4) is 0 Å². The molecule has 3 heterocycles. The van der Waals surface area contributed by atoms with E-state index in [1.54, 1.807) is 0 Å². The molecule has 1 fully saturated rings. The van der Waals surface area contributed by atoms with E-state index in [4.69, 9.17) is 0 Å². The Bertz CT molecular complexity index is 684. The first-order valence-electron chi connectivity index (χ1n) is 7.06. The minimum Gasteiger partial charge on any atom is -0.392 e. The van der Waals surface area contributed by atoms with E-state index in [0.717, 1.165) is 31.6 Å². The average Bonchev–Trinajstić information content (AvgIpc) is 2.87. The Morgan fingerprint density at radius 2 is 2.15 bits per heavy atom. The molecule has 2 aliphatic heterocycles. The Kier molecular flexibility index (Phi) is 2.27. The molecule has 104 valence electrons. The lowest BCUT2D eigenvalue weighted by Gasteiger charge is -2.16. The van der Waals surface area contributed by atoms with Gasteiger partial charge in [0.25, 0.3) is 0 Å². The molecule has 1 aliphatic carbocycles. The monoisotopic (exact) mass is 272 g/mol. The van der Waals surface area contributed by atoms with Gasteiger partial charge in [0.15, 0.2) is 0 Å². The molecule has 1 atom stereocenters. The summed E-state index contributed by atoms with van der Waals surface area (Å²) in [5.74, 6) is -0.202. The minimum atomic E-state index is -0.174. The molecule has 0 bridgehead atoms. The van der Waals surface area contributed by atoms with Crippen LogP contribution >= 0.6 is 0 Å². The maximum atomic E-state index is 12.7. The first kappa shape index (κ1) is 11.9. The molecule has 1 N–H and O–H groups in total. The van der Waals surface area contributed by atoms with E-state index < -0.39 is 0 Å². The van der Waals surface area contributed by atoms with Crippen LogP contribution in [-0.4, -0.2) is 38.7 Å². The highest BCUT2D eigenvalue weighted by Gasteiger charge is 2.42. The van der Waals surface area contributed by atoms with Gasteiger partial charge in [-0.3, -0.25) is 9.59 Å². The first-order chi connectivity index (χ1) is 9.63. The normalized spacial score (nSPS) is 23.8. The quantitative estimate of drug-likeness (QED) is 0.812. The number of carbonyl (C=O) groups excluding carboxylic acids is 2. The Morgan fingerprint density at radius 3 is 2.80 bits per heavy atom. The van der Waals surface area contributed by atoms with Gasteiger partial charge >= 0.3 is 0 Å². The molecule has 5 nitrogen and oxygen atoms in total. The highest BCUT2D eigenvalue weighted by Crippen LogP contribution is 2.37. The number of allylic oxidation sites excluding steroid dienone is 2. The molecule has 5 heteroatoms. The standard InChI is InChI=1S/C15H16N2O3/c1-8-6-17(8)11-5-12(19)14-13(15(11)20)9(7-18)10-3-2-4-16(10)14/h5,8,18H,2-4,6-7H2,1H3. The average molecular weight is 272 g/mol. The van der Waals surface area contributed by atoms with Gasteiger partial charge in [0.1, 0.15) is 5.69 Å². The molecule has 3 aliphatic rings. The van der Waals surface area contributed by atoms with Crippen LogP contribution in [0.4, 0.5) is 0 Å². The van der Waals surface area contributed by atoms with E-state index in [2.05, 4.69) is 0 Å². The van der Waals surface area contributed by atoms with Gasteiger partial charge in [0, 0.05) is 36.5 Å². The molecule has 1 unspecified atom stereocenters. The van der Waals surface area contributed by atoms with E-state index in [9.17, 15) is 14.7 Å². The zero-order chi connectivity index (χ0) is 14.0. The maximum absolute atomic E-state index is 12.7. The van der Waals surface area contributed by atoms with Crippen LogP contribution < -0.4 is 0 Å². The fraction of sp³-hybridized carbons (Fsp3) is 0.467. The van der Waals surface area contributed by atoms with Crippen molar-refractivity contribution in [1.29, 1.82) is 0 Å². The van der Waals surface area contributed by atoms with Crippen molar-refractivity contribution in [3.63, 3.8) is 0 Å². The third-order valence-corrected chi connectivity index (χ3v) is 4.57. The van der Waals surface area contributed by atoms with Gasteiger partial charge in [0.2, 0.25) is 11.6 Å². The summed E-state index contributed by atoms with van der Waals surface area (Å²) in [7, 11) is 0. The predicted molar refractivity (Wildman–Crippen MR) is 71.6 cm³/mol. The number of Topliss-reactive ketones (excluding diaryl/α,β-unsaturated/α-hetero) is 1. The lowest BCUT2D eigenvalue weighted by molar-refractivity contribution is 0.0962. The number of hydrogen-bond acceptors (Lipinski definition) is 4. The van der Waals surface area contributed by atoms with Crippen molar-refractivity contribution in [3.8, 4) is 0 Å². The molecular weight excluding hydrogens is 256 g/mol.